The van der Waals surface area contributed by atoms with E-state index in [1.54, 1.807) is 0 Å². The quantitative estimate of drug-likeness (QED) is 0.734. The smallest absolute Gasteiger partial charge is 0.468 e. The molecule has 5 nitrogen and oxygen atoms in total. The first-order chi connectivity index (χ1) is 6.44. The Balaban J connectivity index is 4.98. The SMILES string of the molecule is COC(=O)C(C)(C)NS(=O)(=O)C(F)(F)F. The van der Waals surface area contributed by atoms with Crippen LogP contribution in [0, 0.1) is 0 Å². The van der Waals surface area contributed by atoms with Gasteiger partial charge in [-0.3, -0.25) is 4.79 Å². The Kier molecular flexibility index (Phi) is 3.75. The third-order valence-corrected chi connectivity index (χ3v) is 2.78. The topological polar surface area (TPSA) is 72.5 Å². The number of halogens is 3. The van der Waals surface area contributed by atoms with Crippen LogP contribution < -0.4 is 4.72 Å². The van der Waals surface area contributed by atoms with Crippen LogP contribution in [0.15, 0.2) is 0 Å². The molecule has 0 saturated heterocycles. The number of carbonyl (C=O) groups is 1. The average Bonchev–Trinajstić information content (AvgIpc) is 1.98. The Morgan fingerprint density at radius 1 is 1.27 bits per heavy atom. The van der Waals surface area contributed by atoms with E-state index in [0.717, 1.165) is 21.0 Å². The summed E-state index contributed by atoms with van der Waals surface area (Å²) in [5, 5.41) is 0. The van der Waals surface area contributed by atoms with E-state index >= 15 is 0 Å². The summed E-state index contributed by atoms with van der Waals surface area (Å²) in [6, 6.07) is 0. The molecule has 0 aliphatic rings. The number of hydrogen-bond donors (Lipinski definition) is 1. The number of nitrogens with one attached hydrogen (secondary N) is 1. The molecule has 1 N–H and O–H groups in total. The normalized spacial score (nSPS) is 13.7. The third-order valence-electron chi connectivity index (χ3n) is 1.39. The van der Waals surface area contributed by atoms with E-state index in [0.29, 0.717) is 0 Å². The zero-order valence-electron chi connectivity index (χ0n) is 8.18. The number of alkyl halides is 3. The van der Waals surface area contributed by atoms with Crippen molar-refractivity contribution in [3.8, 4) is 0 Å². The number of rotatable bonds is 3. The van der Waals surface area contributed by atoms with E-state index in [2.05, 4.69) is 4.74 Å². The highest BCUT2D eigenvalue weighted by Crippen LogP contribution is 2.23. The van der Waals surface area contributed by atoms with Crippen LogP contribution in [0.5, 0.6) is 0 Å². The van der Waals surface area contributed by atoms with Gasteiger partial charge in [-0.05, 0) is 13.8 Å². The molecular formula is C6H10F3NO4S. The molecule has 0 aliphatic carbocycles. The Bertz CT molecular complexity index is 346. The van der Waals surface area contributed by atoms with Crippen molar-refractivity contribution in [1.82, 2.24) is 4.72 Å². The summed E-state index contributed by atoms with van der Waals surface area (Å²) in [5.41, 5.74) is -7.43. The molecule has 0 aliphatic heterocycles. The van der Waals surface area contributed by atoms with Gasteiger partial charge in [-0.2, -0.15) is 17.9 Å². The third kappa shape index (κ3) is 3.34. The Labute approximate surface area is 84.6 Å². The fourth-order valence-electron chi connectivity index (χ4n) is 0.691. The summed E-state index contributed by atoms with van der Waals surface area (Å²) in [4.78, 5) is 10.9. The molecule has 0 amide bonds. The minimum atomic E-state index is -5.56. The van der Waals surface area contributed by atoms with Crippen molar-refractivity contribution < 1.29 is 31.1 Å². The lowest BCUT2D eigenvalue weighted by Crippen LogP contribution is -2.53. The average molecular weight is 249 g/mol. The molecule has 0 spiro atoms. The number of sulfonamides is 1. The van der Waals surface area contributed by atoms with E-state index in [1.807, 2.05) is 0 Å². The van der Waals surface area contributed by atoms with Crippen LogP contribution in [0.25, 0.3) is 0 Å². The first kappa shape index (κ1) is 14.2. The molecule has 0 saturated carbocycles. The maximum Gasteiger partial charge on any atom is 0.511 e. The second kappa shape index (κ2) is 3.97. The van der Waals surface area contributed by atoms with Crippen LogP contribution in [0.3, 0.4) is 0 Å². The summed E-state index contributed by atoms with van der Waals surface area (Å²) in [5.74, 6) is -1.12. The molecular weight excluding hydrogens is 239 g/mol. The number of ether oxygens (including phenoxy) is 1. The second-order valence-electron chi connectivity index (χ2n) is 3.17. The molecule has 15 heavy (non-hydrogen) atoms. The maximum atomic E-state index is 11.9. The largest absolute Gasteiger partial charge is 0.511 e. The highest BCUT2D eigenvalue weighted by molar-refractivity contribution is 7.90. The zero-order chi connectivity index (χ0) is 12.5. The summed E-state index contributed by atoms with van der Waals surface area (Å²) >= 11 is 0. The summed E-state index contributed by atoms with van der Waals surface area (Å²) in [6.07, 6.45) is 0. The van der Waals surface area contributed by atoms with Crippen LogP contribution in [0.1, 0.15) is 13.8 Å². The van der Waals surface area contributed by atoms with E-state index < -0.39 is 27.0 Å². The minimum Gasteiger partial charge on any atom is -0.468 e. The van der Waals surface area contributed by atoms with Gasteiger partial charge in [0.15, 0.2) is 0 Å². The highest BCUT2D eigenvalue weighted by atomic mass is 32.2. The van der Waals surface area contributed by atoms with E-state index in [4.69, 9.17) is 0 Å². The fraction of sp³-hybridized carbons (Fsp3) is 0.833. The van der Waals surface area contributed by atoms with Crippen molar-refractivity contribution in [2.75, 3.05) is 7.11 Å². The lowest BCUT2D eigenvalue weighted by Gasteiger charge is -2.23. The van der Waals surface area contributed by atoms with Gasteiger partial charge >= 0.3 is 21.5 Å². The van der Waals surface area contributed by atoms with Gasteiger partial charge in [-0.15, -0.1) is 0 Å². The van der Waals surface area contributed by atoms with Crippen molar-refractivity contribution in [2.45, 2.75) is 24.9 Å². The number of esters is 1. The van der Waals surface area contributed by atoms with E-state index in [9.17, 15) is 26.4 Å². The molecule has 0 unspecified atom stereocenters. The van der Waals surface area contributed by atoms with Crippen LogP contribution in [-0.4, -0.2) is 32.5 Å². The molecule has 0 aromatic rings. The van der Waals surface area contributed by atoms with E-state index in [1.165, 1.54) is 4.72 Å². The Morgan fingerprint density at radius 3 is 1.93 bits per heavy atom. The molecule has 0 heterocycles. The Hall–Kier alpha value is -0.830. The fourth-order valence-corrected chi connectivity index (χ4v) is 1.56. The lowest BCUT2D eigenvalue weighted by atomic mass is 10.1. The van der Waals surface area contributed by atoms with Crippen molar-refractivity contribution in [2.24, 2.45) is 0 Å². The maximum absolute atomic E-state index is 11.9. The van der Waals surface area contributed by atoms with Crippen molar-refractivity contribution >= 4 is 16.0 Å². The summed E-state index contributed by atoms with van der Waals surface area (Å²) in [7, 11) is -4.62. The zero-order valence-corrected chi connectivity index (χ0v) is 8.99. The highest BCUT2D eigenvalue weighted by Gasteiger charge is 2.50. The van der Waals surface area contributed by atoms with Gasteiger partial charge in [0.1, 0.15) is 5.54 Å². The number of methoxy groups -OCH3 is 1. The van der Waals surface area contributed by atoms with Crippen LogP contribution in [0.2, 0.25) is 0 Å². The van der Waals surface area contributed by atoms with Gasteiger partial charge in [0.25, 0.3) is 0 Å². The molecule has 0 rings (SSSR count). The standard InChI is InChI=1S/C6H10F3NO4S/c1-5(2,4(11)14-3)10-15(12,13)6(7,8)9/h10H,1-3H3. The Morgan fingerprint density at radius 2 is 1.67 bits per heavy atom. The van der Waals surface area contributed by atoms with Crippen molar-refractivity contribution in [3.05, 3.63) is 0 Å². The lowest BCUT2D eigenvalue weighted by molar-refractivity contribution is -0.146. The summed E-state index contributed by atoms with van der Waals surface area (Å²) in [6.45, 7) is 1.92. The van der Waals surface area contributed by atoms with Gasteiger partial charge in [0.05, 0.1) is 7.11 Å². The van der Waals surface area contributed by atoms with Gasteiger partial charge in [-0.1, -0.05) is 0 Å². The monoisotopic (exact) mass is 249 g/mol. The first-order valence-corrected chi connectivity index (χ1v) is 5.11. The number of carbonyl (C=O) groups excluding carboxylic acids is 1. The van der Waals surface area contributed by atoms with Gasteiger partial charge in [-0.25, -0.2) is 8.42 Å². The molecule has 0 radical (unpaired) electrons. The van der Waals surface area contributed by atoms with Crippen molar-refractivity contribution in [3.63, 3.8) is 0 Å². The predicted molar refractivity (Wildman–Crippen MR) is 44.2 cm³/mol. The second-order valence-corrected chi connectivity index (χ2v) is 4.84. The van der Waals surface area contributed by atoms with Crippen LogP contribution in [-0.2, 0) is 19.6 Å². The van der Waals surface area contributed by atoms with Crippen LogP contribution >= 0.6 is 0 Å². The molecule has 0 atom stereocenters. The van der Waals surface area contributed by atoms with Crippen LogP contribution in [0.4, 0.5) is 13.2 Å². The van der Waals surface area contributed by atoms with E-state index in [-0.39, 0.29) is 0 Å². The molecule has 9 heteroatoms. The summed E-state index contributed by atoms with van der Waals surface area (Å²) < 4.78 is 62.4. The van der Waals surface area contributed by atoms with Gasteiger partial charge in [0.2, 0.25) is 0 Å². The first-order valence-electron chi connectivity index (χ1n) is 3.63. The molecule has 0 bridgehead atoms. The van der Waals surface area contributed by atoms with Gasteiger partial charge in [0, 0.05) is 0 Å². The molecule has 0 aromatic carbocycles. The molecule has 0 fully saturated rings. The van der Waals surface area contributed by atoms with Crippen molar-refractivity contribution in [1.29, 1.82) is 0 Å². The number of hydrogen-bond acceptors (Lipinski definition) is 4. The molecule has 90 valence electrons. The van der Waals surface area contributed by atoms with Gasteiger partial charge < -0.3 is 4.74 Å². The molecule has 0 aromatic heterocycles. The minimum absolute atomic E-state index is 0.936. The predicted octanol–water partition coefficient (Wildman–Crippen LogP) is 0.377.